The summed E-state index contributed by atoms with van der Waals surface area (Å²) >= 11 is 0. The summed E-state index contributed by atoms with van der Waals surface area (Å²) < 4.78 is 4.53. The second-order valence-corrected chi connectivity index (χ2v) is 4.57. The van der Waals surface area contributed by atoms with Crippen molar-refractivity contribution in [3.63, 3.8) is 0 Å². The van der Waals surface area contributed by atoms with E-state index in [1.54, 1.807) is 6.92 Å². The molecule has 0 aliphatic carbocycles. The number of aliphatic carboxylic acids is 3. The zero-order valence-corrected chi connectivity index (χ0v) is 14.0. The molecule has 0 aliphatic heterocycles. The van der Waals surface area contributed by atoms with Gasteiger partial charge in [-0.2, -0.15) is 0 Å². The number of esters is 1. The lowest BCUT2D eigenvalue weighted by molar-refractivity contribution is -0.151. The van der Waals surface area contributed by atoms with Crippen LogP contribution < -0.4 is 11.5 Å². The fourth-order valence-electron chi connectivity index (χ4n) is 0.710. The summed E-state index contributed by atoms with van der Waals surface area (Å²) in [6.45, 7) is 5.66. The predicted octanol–water partition coefficient (Wildman–Crippen LogP) is -1.39. The molecule has 0 saturated heterocycles. The summed E-state index contributed by atoms with van der Waals surface area (Å²) in [4.78, 5) is 39.8. The molecule has 11 heteroatoms. The van der Waals surface area contributed by atoms with Gasteiger partial charge in [0.1, 0.15) is 18.2 Å². The number of rotatable bonds is 6. The van der Waals surface area contributed by atoms with E-state index in [0.717, 1.165) is 0 Å². The van der Waals surface area contributed by atoms with E-state index in [2.05, 4.69) is 4.74 Å². The molecule has 0 rings (SSSR count). The Morgan fingerprint density at radius 2 is 1.33 bits per heavy atom. The molecule has 0 saturated carbocycles. The number of hydrogen-bond donors (Lipinski definition) is 6. The maximum Gasteiger partial charge on any atom is 0.332 e. The van der Waals surface area contributed by atoms with Crippen LogP contribution >= 0.6 is 0 Å². The summed E-state index contributed by atoms with van der Waals surface area (Å²) in [7, 11) is 0. The highest BCUT2D eigenvalue weighted by Crippen LogP contribution is 1.96. The third-order valence-electron chi connectivity index (χ3n) is 2.20. The molecule has 0 aromatic rings. The summed E-state index contributed by atoms with van der Waals surface area (Å²) in [5.41, 5.74) is 9.97. The van der Waals surface area contributed by atoms with Gasteiger partial charge in [0.05, 0.1) is 0 Å². The monoisotopic (exact) mass is 354 g/mol. The summed E-state index contributed by atoms with van der Waals surface area (Å²) in [5.74, 6) is -3.83. The predicted molar refractivity (Wildman–Crippen MR) is 82.1 cm³/mol. The Hall–Kier alpha value is -2.24. The van der Waals surface area contributed by atoms with Crippen LogP contribution in [0.5, 0.6) is 0 Å². The molecule has 0 fully saturated rings. The molecular weight excluding hydrogens is 328 g/mol. The van der Waals surface area contributed by atoms with Gasteiger partial charge >= 0.3 is 23.9 Å². The van der Waals surface area contributed by atoms with Crippen LogP contribution in [0.15, 0.2) is 0 Å². The van der Waals surface area contributed by atoms with Crippen molar-refractivity contribution in [2.24, 2.45) is 11.5 Å². The van der Waals surface area contributed by atoms with E-state index < -0.39 is 48.2 Å². The van der Waals surface area contributed by atoms with Crippen molar-refractivity contribution in [2.45, 2.75) is 58.4 Å². The van der Waals surface area contributed by atoms with Gasteiger partial charge < -0.3 is 36.6 Å². The molecule has 0 radical (unpaired) electrons. The lowest BCUT2D eigenvalue weighted by Crippen LogP contribution is -2.42. The number of aliphatic hydroxyl groups is 1. The number of carboxylic acid groups (broad SMARTS) is 3. The lowest BCUT2D eigenvalue weighted by atomic mass is 10.2. The van der Waals surface area contributed by atoms with Crippen LogP contribution in [0.25, 0.3) is 0 Å². The first kappa shape index (κ1) is 26.6. The Balaban J connectivity index is -0.000000294. The van der Waals surface area contributed by atoms with Crippen LogP contribution in [0, 0.1) is 0 Å². The molecule has 4 atom stereocenters. The normalized spacial score (nSPS) is 14.3. The molecule has 1 unspecified atom stereocenters. The van der Waals surface area contributed by atoms with Gasteiger partial charge in [-0.15, -0.1) is 0 Å². The highest BCUT2D eigenvalue weighted by molar-refractivity contribution is 5.75. The van der Waals surface area contributed by atoms with E-state index in [4.69, 9.17) is 31.9 Å². The number of aliphatic hydroxyl groups excluding tert-OH is 1. The Bertz CT molecular complexity index is 412. The highest BCUT2D eigenvalue weighted by Gasteiger charge is 2.21. The van der Waals surface area contributed by atoms with Gasteiger partial charge in [0.2, 0.25) is 0 Å². The van der Waals surface area contributed by atoms with E-state index in [1.807, 2.05) is 0 Å². The molecule has 0 spiro atoms. The van der Waals surface area contributed by atoms with Crippen LogP contribution in [0.2, 0.25) is 0 Å². The Labute approximate surface area is 139 Å². The SMILES string of the molecule is CC(=O)O[C@H](C)[C@H](N)C(=O)O.CCC(O)C(=O)O.C[C@H](N)C(=O)O. The largest absolute Gasteiger partial charge is 0.480 e. The third kappa shape index (κ3) is 17.8. The van der Waals surface area contributed by atoms with Gasteiger partial charge in [-0.3, -0.25) is 14.4 Å². The number of hydrogen-bond acceptors (Lipinski definition) is 8. The van der Waals surface area contributed by atoms with Crippen LogP contribution in [0.3, 0.4) is 0 Å². The second-order valence-electron chi connectivity index (χ2n) is 4.57. The first-order valence-electron chi connectivity index (χ1n) is 6.82. The number of carbonyl (C=O) groups excluding carboxylic acids is 1. The zero-order chi connectivity index (χ0) is 20.0. The molecular formula is C13H26N2O9. The van der Waals surface area contributed by atoms with Gasteiger partial charge in [-0.1, -0.05) is 6.92 Å². The molecule has 8 N–H and O–H groups in total. The van der Waals surface area contributed by atoms with E-state index in [0.29, 0.717) is 0 Å². The van der Waals surface area contributed by atoms with E-state index in [1.165, 1.54) is 20.8 Å². The summed E-state index contributed by atoms with van der Waals surface area (Å²) in [6, 6.07) is -1.89. The van der Waals surface area contributed by atoms with Crippen molar-refractivity contribution in [3.8, 4) is 0 Å². The Morgan fingerprint density at radius 3 is 1.46 bits per heavy atom. The second kappa shape index (κ2) is 14.4. The minimum atomic E-state index is -1.18. The number of ether oxygens (including phenoxy) is 1. The fraction of sp³-hybridized carbons (Fsp3) is 0.692. The number of carboxylic acids is 3. The highest BCUT2D eigenvalue weighted by atomic mass is 16.5. The van der Waals surface area contributed by atoms with Gasteiger partial charge in [0.15, 0.2) is 6.10 Å². The van der Waals surface area contributed by atoms with Crippen LogP contribution in [-0.4, -0.2) is 68.6 Å². The fourth-order valence-corrected chi connectivity index (χ4v) is 0.710. The van der Waals surface area contributed by atoms with Crippen LogP contribution in [0.4, 0.5) is 0 Å². The molecule has 0 aromatic carbocycles. The molecule has 11 nitrogen and oxygen atoms in total. The summed E-state index contributed by atoms with van der Waals surface area (Å²) in [6.07, 6.45) is -1.69. The zero-order valence-electron chi connectivity index (χ0n) is 14.0. The number of carbonyl (C=O) groups is 4. The summed E-state index contributed by atoms with van der Waals surface area (Å²) in [5, 5.41) is 32.5. The molecule has 0 aromatic heterocycles. The number of nitrogens with two attached hydrogens (primary N) is 2. The Kier molecular flexibility index (Phi) is 15.9. The van der Waals surface area contributed by atoms with Crippen molar-refractivity contribution in [1.82, 2.24) is 0 Å². The molecule has 0 bridgehead atoms. The standard InChI is InChI=1S/C6H11NO4.C4H8O3.C3H7NO2/c1-3(11-4(2)8)5(7)6(9)10;1-2-3(5)4(6)7;1-2(4)3(5)6/h3,5H,7H2,1-2H3,(H,9,10);3,5H,2H2,1H3,(H,6,7);2H,4H2,1H3,(H,5,6)/t3-,5+;;2-/m1.0/s1. The molecule has 0 aliphatic rings. The lowest BCUT2D eigenvalue weighted by Gasteiger charge is -2.14. The third-order valence-corrected chi connectivity index (χ3v) is 2.20. The van der Waals surface area contributed by atoms with E-state index in [9.17, 15) is 19.2 Å². The average Bonchev–Trinajstić information content (AvgIpc) is 2.45. The smallest absolute Gasteiger partial charge is 0.332 e. The Morgan fingerprint density at radius 1 is 0.958 bits per heavy atom. The van der Waals surface area contributed by atoms with E-state index >= 15 is 0 Å². The van der Waals surface area contributed by atoms with Crippen molar-refractivity contribution in [3.05, 3.63) is 0 Å². The quantitative estimate of drug-likeness (QED) is 0.305. The first-order valence-corrected chi connectivity index (χ1v) is 6.82. The van der Waals surface area contributed by atoms with Crippen molar-refractivity contribution in [2.75, 3.05) is 0 Å². The van der Waals surface area contributed by atoms with E-state index in [-0.39, 0.29) is 6.42 Å². The van der Waals surface area contributed by atoms with Gasteiger partial charge in [-0.05, 0) is 20.3 Å². The van der Waals surface area contributed by atoms with Crippen molar-refractivity contribution >= 4 is 23.9 Å². The van der Waals surface area contributed by atoms with Crippen molar-refractivity contribution < 1.29 is 44.3 Å². The average molecular weight is 354 g/mol. The minimum Gasteiger partial charge on any atom is -0.480 e. The van der Waals surface area contributed by atoms with Crippen molar-refractivity contribution in [1.29, 1.82) is 0 Å². The minimum absolute atomic E-state index is 0.273. The van der Waals surface area contributed by atoms with Crippen LogP contribution in [0.1, 0.15) is 34.1 Å². The van der Waals surface area contributed by atoms with Gasteiger partial charge in [-0.25, -0.2) is 4.79 Å². The van der Waals surface area contributed by atoms with Crippen LogP contribution in [-0.2, 0) is 23.9 Å². The molecule has 24 heavy (non-hydrogen) atoms. The molecule has 142 valence electrons. The first-order chi connectivity index (χ1) is 10.8. The maximum absolute atomic E-state index is 10.3. The van der Waals surface area contributed by atoms with Gasteiger partial charge in [0, 0.05) is 6.92 Å². The molecule has 0 heterocycles. The maximum atomic E-state index is 10.3. The topological polar surface area (TPSA) is 210 Å². The molecule has 0 amide bonds. The van der Waals surface area contributed by atoms with Gasteiger partial charge in [0.25, 0.3) is 0 Å².